The number of amides is 1. The Morgan fingerprint density at radius 1 is 1.50 bits per heavy atom. The van der Waals surface area contributed by atoms with Crippen molar-refractivity contribution in [2.45, 2.75) is 6.42 Å². The monoisotopic (exact) mass is 310 g/mol. The number of sulfone groups is 1. The number of nitrogens with one attached hydrogen (secondary N) is 1. The Morgan fingerprint density at radius 2 is 2.25 bits per heavy atom. The standard InChI is InChI=1S/C13H11ClN2O3S/c14-12-6-11(2-1-10(12)7-15)16-13(17)5-9-3-4-20(18,19)8-9/h1-4,6,9H,5,8H2,(H,16,17)/t9-/m0/s1. The van der Waals surface area contributed by atoms with Crippen LogP contribution in [-0.4, -0.2) is 20.1 Å². The minimum absolute atomic E-state index is 0.0332. The zero-order chi connectivity index (χ0) is 14.8. The number of halogens is 1. The molecule has 2 rings (SSSR count). The summed E-state index contributed by atoms with van der Waals surface area (Å²) in [7, 11) is -3.15. The highest BCUT2D eigenvalue weighted by molar-refractivity contribution is 7.94. The van der Waals surface area contributed by atoms with Gasteiger partial charge in [-0.2, -0.15) is 5.26 Å². The number of nitrogens with zero attached hydrogens (tertiary/aromatic N) is 1. The average molecular weight is 311 g/mol. The zero-order valence-corrected chi connectivity index (χ0v) is 11.9. The van der Waals surface area contributed by atoms with Gasteiger partial charge in [-0.25, -0.2) is 8.42 Å². The van der Waals surface area contributed by atoms with Gasteiger partial charge in [0.25, 0.3) is 0 Å². The molecule has 0 radical (unpaired) electrons. The van der Waals surface area contributed by atoms with E-state index in [2.05, 4.69) is 5.32 Å². The molecule has 0 saturated carbocycles. The van der Waals surface area contributed by atoms with Crippen LogP contribution in [0.5, 0.6) is 0 Å². The number of hydrogen-bond donors (Lipinski definition) is 1. The number of anilines is 1. The molecular formula is C13H11ClN2O3S. The molecule has 1 atom stereocenters. The molecule has 1 N–H and O–H groups in total. The van der Waals surface area contributed by atoms with Gasteiger partial charge in [0.1, 0.15) is 6.07 Å². The maximum atomic E-state index is 11.8. The van der Waals surface area contributed by atoms with Gasteiger partial charge in [-0.3, -0.25) is 4.79 Å². The molecule has 1 aliphatic heterocycles. The van der Waals surface area contributed by atoms with Gasteiger partial charge >= 0.3 is 0 Å². The fourth-order valence-electron chi connectivity index (χ4n) is 1.90. The first-order valence-electron chi connectivity index (χ1n) is 5.80. The van der Waals surface area contributed by atoms with Gasteiger partial charge in [-0.1, -0.05) is 17.7 Å². The van der Waals surface area contributed by atoms with E-state index in [-0.39, 0.29) is 29.0 Å². The second-order valence-corrected chi connectivity index (χ2v) is 6.82. The van der Waals surface area contributed by atoms with Crippen molar-refractivity contribution in [2.75, 3.05) is 11.1 Å². The van der Waals surface area contributed by atoms with Crippen molar-refractivity contribution in [2.24, 2.45) is 5.92 Å². The summed E-state index contributed by atoms with van der Waals surface area (Å²) in [6, 6.07) is 6.49. The topological polar surface area (TPSA) is 87.0 Å². The van der Waals surface area contributed by atoms with Crippen LogP contribution in [0.25, 0.3) is 0 Å². The van der Waals surface area contributed by atoms with Crippen molar-refractivity contribution in [1.82, 2.24) is 0 Å². The molecule has 0 aromatic heterocycles. The molecular weight excluding hydrogens is 300 g/mol. The van der Waals surface area contributed by atoms with Crippen molar-refractivity contribution in [3.8, 4) is 6.07 Å². The first kappa shape index (κ1) is 14.6. The summed E-state index contributed by atoms with van der Waals surface area (Å²) in [5.74, 6) is -0.625. The molecule has 0 unspecified atom stereocenters. The second kappa shape index (κ2) is 5.65. The molecule has 104 valence electrons. The van der Waals surface area contributed by atoms with E-state index in [1.165, 1.54) is 18.2 Å². The van der Waals surface area contributed by atoms with Crippen molar-refractivity contribution in [3.05, 3.63) is 40.3 Å². The Labute approximate surface area is 121 Å². The van der Waals surface area contributed by atoms with E-state index < -0.39 is 9.84 Å². The molecule has 1 amide bonds. The summed E-state index contributed by atoms with van der Waals surface area (Å²) in [5.41, 5.74) is 0.804. The lowest BCUT2D eigenvalue weighted by molar-refractivity contribution is -0.116. The number of carbonyl (C=O) groups is 1. The number of benzene rings is 1. The second-order valence-electron chi connectivity index (χ2n) is 4.48. The molecule has 0 saturated heterocycles. The Hall–Kier alpha value is -1.84. The zero-order valence-electron chi connectivity index (χ0n) is 10.3. The molecule has 0 bridgehead atoms. The third-order valence-electron chi connectivity index (χ3n) is 2.83. The molecule has 0 aliphatic carbocycles. The molecule has 20 heavy (non-hydrogen) atoms. The van der Waals surface area contributed by atoms with E-state index >= 15 is 0 Å². The molecule has 1 aliphatic rings. The molecule has 0 fully saturated rings. The van der Waals surface area contributed by atoms with Crippen LogP contribution < -0.4 is 5.32 Å². The lowest BCUT2D eigenvalue weighted by atomic mass is 10.1. The predicted octanol–water partition coefficient (Wildman–Crippen LogP) is 2.10. The Kier molecular flexibility index (Phi) is 4.12. The lowest BCUT2D eigenvalue weighted by Gasteiger charge is -2.08. The predicted molar refractivity (Wildman–Crippen MR) is 75.8 cm³/mol. The molecule has 0 spiro atoms. The van der Waals surface area contributed by atoms with Crippen molar-refractivity contribution in [1.29, 1.82) is 5.26 Å². The molecule has 1 aromatic carbocycles. The van der Waals surface area contributed by atoms with E-state index in [1.807, 2.05) is 6.07 Å². The number of hydrogen-bond acceptors (Lipinski definition) is 4. The van der Waals surface area contributed by atoms with Crippen molar-refractivity contribution in [3.63, 3.8) is 0 Å². The van der Waals surface area contributed by atoms with Crippen LogP contribution in [0.1, 0.15) is 12.0 Å². The van der Waals surface area contributed by atoms with E-state index in [1.54, 1.807) is 6.07 Å². The SMILES string of the molecule is N#Cc1ccc(NC(=O)C[C@@H]2C=CS(=O)(=O)C2)cc1Cl. The van der Waals surface area contributed by atoms with Gasteiger partial charge in [0, 0.05) is 23.4 Å². The van der Waals surface area contributed by atoms with E-state index in [9.17, 15) is 13.2 Å². The van der Waals surface area contributed by atoms with Crippen LogP contribution in [0.15, 0.2) is 29.7 Å². The Balaban J connectivity index is 1.97. The maximum absolute atomic E-state index is 11.8. The average Bonchev–Trinajstić information content (AvgIpc) is 2.68. The summed E-state index contributed by atoms with van der Waals surface area (Å²) in [6.45, 7) is 0. The highest BCUT2D eigenvalue weighted by Crippen LogP contribution is 2.22. The number of rotatable bonds is 3. The minimum atomic E-state index is -3.15. The minimum Gasteiger partial charge on any atom is -0.326 e. The third-order valence-corrected chi connectivity index (χ3v) is 4.60. The number of allylic oxidation sites excluding steroid dienone is 1. The van der Waals surface area contributed by atoms with Crippen molar-refractivity contribution < 1.29 is 13.2 Å². The smallest absolute Gasteiger partial charge is 0.224 e. The highest BCUT2D eigenvalue weighted by Gasteiger charge is 2.23. The van der Waals surface area contributed by atoms with Crippen LogP contribution in [0.3, 0.4) is 0 Å². The summed E-state index contributed by atoms with van der Waals surface area (Å²) >= 11 is 5.86. The fourth-order valence-corrected chi connectivity index (χ4v) is 3.52. The first-order valence-corrected chi connectivity index (χ1v) is 7.89. The normalized spacial score (nSPS) is 19.5. The summed E-state index contributed by atoms with van der Waals surface area (Å²) in [4.78, 5) is 11.8. The molecule has 1 aromatic rings. The van der Waals surface area contributed by atoms with E-state index in [0.29, 0.717) is 11.3 Å². The van der Waals surface area contributed by atoms with Gasteiger partial charge in [-0.05, 0) is 18.2 Å². The van der Waals surface area contributed by atoms with Gasteiger partial charge in [-0.15, -0.1) is 0 Å². The van der Waals surface area contributed by atoms with Crippen LogP contribution in [0.4, 0.5) is 5.69 Å². The summed E-state index contributed by atoms with van der Waals surface area (Å²) in [6.07, 6.45) is 1.62. The van der Waals surface area contributed by atoms with E-state index in [4.69, 9.17) is 16.9 Å². The van der Waals surface area contributed by atoms with Gasteiger partial charge < -0.3 is 5.32 Å². The fraction of sp³-hybridized carbons (Fsp3) is 0.231. The number of nitriles is 1. The molecule has 7 heteroatoms. The Morgan fingerprint density at radius 3 is 2.80 bits per heavy atom. The molecule has 5 nitrogen and oxygen atoms in total. The lowest BCUT2D eigenvalue weighted by Crippen LogP contribution is -2.17. The number of carbonyl (C=O) groups excluding carboxylic acids is 1. The van der Waals surface area contributed by atoms with Crippen LogP contribution >= 0.6 is 11.6 Å². The van der Waals surface area contributed by atoms with Crippen LogP contribution in [0, 0.1) is 17.2 Å². The van der Waals surface area contributed by atoms with E-state index in [0.717, 1.165) is 5.41 Å². The quantitative estimate of drug-likeness (QED) is 0.926. The van der Waals surface area contributed by atoms with Crippen molar-refractivity contribution >= 4 is 33.0 Å². The molecule has 1 heterocycles. The summed E-state index contributed by atoms with van der Waals surface area (Å²) in [5, 5.41) is 12.8. The van der Waals surface area contributed by atoms with Crippen LogP contribution in [0.2, 0.25) is 5.02 Å². The largest absolute Gasteiger partial charge is 0.326 e. The van der Waals surface area contributed by atoms with Crippen LogP contribution in [-0.2, 0) is 14.6 Å². The first-order chi connectivity index (χ1) is 9.39. The van der Waals surface area contributed by atoms with Gasteiger partial charge in [0.2, 0.25) is 5.91 Å². The third kappa shape index (κ3) is 3.59. The highest BCUT2D eigenvalue weighted by atomic mass is 35.5. The Bertz CT molecular complexity index is 720. The maximum Gasteiger partial charge on any atom is 0.224 e. The van der Waals surface area contributed by atoms with Gasteiger partial charge in [0.15, 0.2) is 9.84 Å². The van der Waals surface area contributed by atoms with Gasteiger partial charge in [0.05, 0.1) is 16.3 Å². The summed E-state index contributed by atoms with van der Waals surface area (Å²) < 4.78 is 22.5.